The molecule has 1 N–H and O–H groups in total. The van der Waals surface area contributed by atoms with Gasteiger partial charge in [-0.25, -0.2) is 4.98 Å². The number of pyridine rings is 1. The van der Waals surface area contributed by atoms with Crippen LogP contribution in [0, 0.1) is 5.92 Å². The van der Waals surface area contributed by atoms with E-state index in [9.17, 15) is 0 Å². The number of fused-ring (bicyclic) bond motifs is 2. The van der Waals surface area contributed by atoms with E-state index >= 15 is 0 Å². The van der Waals surface area contributed by atoms with Crippen molar-refractivity contribution in [2.24, 2.45) is 5.92 Å². The highest BCUT2D eigenvalue weighted by molar-refractivity contribution is 5.80. The van der Waals surface area contributed by atoms with Crippen molar-refractivity contribution < 1.29 is 0 Å². The Hall–Kier alpha value is -1.61. The van der Waals surface area contributed by atoms with E-state index < -0.39 is 0 Å². The zero-order valence-electron chi connectivity index (χ0n) is 11.0. The van der Waals surface area contributed by atoms with E-state index in [0.29, 0.717) is 6.04 Å². The summed E-state index contributed by atoms with van der Waals surface area (Å²) < 4.78 is 0. The number of hydrogen-bond acceptors (Lipinski definition) is 3. The Morgan fingerprint density at radius 2 is 2.05 bits per heavy atom. The summed E-state index contributed by atoms with van der Waals surface area (Å²) in [5, 5.41) is 4.87. The normalized spacial score (nSPS) is 26.6. The van der Waals surface area contributed by atoms with Gasteiger partial charge in [-0.2, -0.15) is 0 Å². The Morgan fingerprint density at radius 3 is 3.00 bits per heavy atom. The number of nitrogens with one attached hydrogen (secondary N) is 1. The molecule has 0 saturated carbocycles. The van der Waals surface area contributed by atoms with Crippen molar-refractivity contribution in [3.8, 4) is 0 Å². The molecule has 19 heavy (non-hydrogen) atoms. The largest absolute Gasteiger partial charge is 0.355 e. The molecular formula is C16H19N3. The summed E-state index contributed by atoms with van der Waals surface area (Å²) in [7, 11) is 0. The maximum atomic E-state index is 4.81. The van der Waals surface area contributed by atoms with Crippen molar-refractivity contribution in [2.75, 3.05) is 24.5 Å². The van der Waals surface area contributed by atoms with Crippen LogP contribution in [0.4, 0.5) is 5.82 Å². The third-order valence-electron chi connectivity index (χ3n) is 4.51. The average Bonchev–Trinajstić information content (AvgIpc) is 2.90. The summed E-state index contributed by atoms with van der Waals surface area (Å²) >= 11 is 0. The van der Waals surface area contributed by atoms with Gasteiger partial charge < -0.3 is 10.2 Å². The summed E-state index contributed by atoms with van der Waals surface area (Å²) in [4.78, 5) is 7.26. The molecule has 0 spiro atoms. The minimum atomic E-state index is 0.669. The summed E-state index contributed by atoms with van der Waals surface area (Å²) in [5.74, 6) is 1.94. The van der Waals surface area contributed by atoms with Gasteiger partial charge in [0.25, 0.3) is 0 Å². The first-order valence-electron chi connectivity index (χ1n) is 7.24. The second kappa shape index (κ2) is 4.49. The molecule has 2 fully saturated rings. The van der Waals surface area contributed by atoms with Crippen molar-refractivity contribution in [1.82, 2.24) is 10.3 Å². The topological polar surface area (TPSA) is 28.2 Å². The second-order valence-electron chi connectivity index (χ2n) is 5.73. The maximum Gasteiger partial charge on any atom is 0.129 e. The Morgan fingerprint density at radius 1 is 1.11 bits per heavy atom. The van der Waals surface area contributed by atoms with Gasteiger partial charge in [-0.1, -0.05) is 18.2 Å². The van der Waals surface area contributed by atoms with E-state index in [4.69, 9.17) is 4.98 Å². The molecule has 0 radical (unpaired) electrons. The van der Waals surface area contributed by atoms with Crippen LogP contribution in [0.2, 0.25) is 0 Å². The third-order valence-corrected chi connectivity index (χ3v) is 4.51. The summed E-state index contributed by atoms with van der Waals surface area (Å²) in [6.45, 7) is 3.44. The van der Waals surface area contributed by atoms with Gasteiger partial charge in [-0.05, 0) is 43.5 Å². The summed E-state index contributed by atoms with van der Waals surface area (Å²) in [6, 6.07) is 13.4. The molecule has 3 heterocycles. The van der Waals surface area contributed by atoms with Crippen LogP contribution in [0.5, 0.6) is 0 Å². The highest BCUT2D eigenvalue weighted by Gasteiger charge is 2.34. The predicted molar refractivity (Wildman–Crippen MR) is 78.5 cm³/mol. The maximum absolute atomic E-state index is 4.81. The van der Waals surface area contributed by atoms with Gasteiger partial charge in [0.2, 0.25) is 0 Å². The second-order valence-corrected chi connectivity index (χ2v) is 5.73. The first-order valence-corrected chi connectivity index (χ1v) is 7.24. The molecular weight excluding hydrogens is 234 g/mol. The van der Waals surface area contributed by atoms with E-state index in [1.165, 1.54) is 24.8 Å². The molecule has 4 rings (SSSR count). The van der Waals surface area contributed by atoms with Gasteiger partial charge in [0.05, 0.1) is 5.52 Å². The van der Waals surface area contributed by atoms with Crippen LogP contribution in [0.3, 0.4) is 0 Å². The fraction of sp³-hybridized carbons (Fsp3) is 0.438. The van der Waals surface area contributed by atoms with E-state index in [0.717, 1.165) is 30.3 Å². The van der Waals surface area contributed by atoms with Crippen LogP contribution >= 0.6 is 0 Å². The first-order chi connectivity index (χ1) is 9.40. The van der Waals surface area contributed by atoms with Crippen molar-refractivity contribution in [2.45, 2.75) is 18.9 Å². The van der Waals surface area contributed by atoms with Gasteiger partial charge in [0.15, 0.2) is 0 Å². The molecule has 0 unspecified atom stereocenters. The first kappa shape index (κ1) is 11.2. The Bertz CT molecular complexity index is 581. The zero-order valence-corrected chi connectivity index (χ0v) is 11.0. The smallest absolute Gasteiger partial charge is 0.129 e. The zero-order chi connectivity index (χ0) is 12.7. The van der Waals surface area contributed by atoms with Crippen LogP contribution < -0.4 is 10.2 Å². The van der Waals surface area contributed by atoms with E-state index in [-0.39, 0.29) is 0 Å². The number of aromatic nitrogens is 1. The lowest BCUT2D eigenvalue weighted by Gasteiger charge is -2.24. The average molecular weight is 253 g/mol. The van der Waals surface area contributed by atoms with Gasteiger partial charge >= 0.3 is 0 Å². The predicted octanol–water partition coefficient (Wildman–Crippen LogP) is 2.42. The van der Waals surface area contributed by atoms with Gasteiger partial charge in [0, 0.05) is 24.5 Å². The number of benzene rings is 1. The quantitative estimate of drug-likeness (QED) is 0.846. The molecule has 3 nitrogen and oxygen atoms in total. The molecule has 98 valence electrons. The van der Waals surface area contributed by atoms with Crippen LogP contribution in [0.25, 0.3) is 10.9 Å². The van der Waals surface area contributed by atoms with E-state index in [2.05, 4.69) is 46.6 Å². The number of hydrogen-bond donors (Lipinski definition) is 1. The van der Waals surface area contributed by atoms with E-state index in [1.54, 1.807) is 0 Å². The van der Waals surface area contributed by atoms with Gasteiger partial charge in [-0.15, -0.1) is 0 Å². The molecule has 2 saturated heterocycles. The Kier molecular flexibility index (Phi) is 2.66. The molecule has 2 aromatic rings. The van der Waals surface area contributed by atoms with Crippen LogP contribution in [0.1, 0.15) is 12.8 Å². The van der Waals surface area contributed by atoms with Crippen LogP contribution in [0.15, 0.2) is 36.4 Å². The van der Waals surface area contributed by atoms with Gasteiger partial charge in [-0.3, -0.25) is 0 Å². The molecule has 0 aliphatic carbocycles. The highest BCUT2D eigenvalue weighted by Crippen LogP contribution is 2.28. The fourth-order valence-corrected chi connectivity index (χ4v) is 3.47. The number of anilines is 1. The SMILES string of the molecule is c1ccc2nc(N3C[C@@H]4CCCN[C@@H]4C3)ccc2c1. The molecule has 2 aliphatic heterocycles. The lowest BCUT2D eigenvalue weighted by atomic mass is 9.94. The molecule has 0 amide bonds. The molecule has 2 atom stereocenters. The van der Waals surface area contributed by atoms with Crippen LogP contribution in [-0.4, -0.2) is 30.7 Å². The molecule has 0 bridgehead atoms. The van der Waals surface area contributed by atoms with Crippen molar-refractivity contribution in [3.05, 3.63) is 36.4 Å². The molecule has 3 heteroatoms. The van der Waals surface area contributed by atoms with E-state index in [1.807, 2.05) is 0 Å². The number of rotatable bonds is 1. The fourth-order valence-electron chi connectivity index (χ4n) is 3.47. The number of para-hydroxylation sites is 1. The van der Waals surface area contributed by atoms with Crippen molar-refractivity contribution in [1.29, 1.82) is 0 Å². The van der Waals surface area contributed by atoms with Crippen molar-refractivity contribution >= 4 is 16.7 Å². The molecule has 1 aromatic heterocycles. The summed E-state index contributed by atoms with van der Waals surface area (Å²) in [5.41, 5.74) is 1.10. The highest BCUT2D eigenvalue weighted by atomic mass is 15.2. The monoisotopic (exact) mass is 253 g/mol. The minimum absolute atomic E-state index is 0.669. The lowest BCUT2D eigenvalue weighted by molar-refractivity contribution is 0.340. The molecule has 1 aromatic carbocycles. The van der Waals surface area contributed by atoms with Crippen molar-refractivity contribution in [3.63, 3.8) is 0 Å². The number of piperidine rings is 1. The van der Waals surface area contributed by atoms with Gasteiger partial charge in [0.1, 0.15) is 5.82 Å². The minimum Gasteiger partial charge on any atom is -0.355 e. The number of nitrogens with zero attached hydrogens (tertiary/aromatic N) is 2. The third kappa shape index (κ3) is 1.98. The standard InChI is InChI=1S/C16H19N3/c1-2-6-14-12(4-1)7-8-16(18-14)19-10-13-5-3-9-17-15(13)11-19/h1-2,4,6-8,13,15,17H,3,5,9-11H2/t13-,15+/m0/s1. The molecule has 2 aliphatic rings. The van der Waals surface area contributed by atoms with Crippen LogP contribution in [-0.2, 0) is 0 Å². The summed E-state index contributed by atoms with van der Waals surface area (Å²) in [6.07, 6.45) is 2.68. The lowest BCUT2D eigenvalue weighted by Crippen LogP contribution is -2.40. The Balaban J connectivity index is 1.64. The Labute approximate surface area is 113 Å².